The molecule has 114 valence electrons. The summed E-state index contributed by atoms with van der Waals surface area (Å²) in [5.74, 6) is 0. The Morgan fingerprint density at radius 3 is 1.27 bits per heavy atom. The van der Waals surface area contributed by atoms with Crippen LogP contribution in [0.25, 0.3) is 11.1 Å². The van der Waals surface area contributed by atoms with Gasteiger partial charge < -0.3 is 9.80 Å². The normalized spacial score (nSPS) is 10.2. The third-order valence-corrected chi connectivity index (χ3v) is 4.59. The van der Waals surface area contributed by atoms with Gasteiger partial charge in [0, 0.05) is 39.3 Å². The molecule has 2 aromatic rings. The van der Waals surface area contributed by atoms with Crippen molar-refractivity contribution in [3.63, 3.8) is 0 Å². The molecule has 0 atom stereocenters. The third-order valence-electron chi connectivity index (χ3n) is 3.42. The molecule has 22 heavy (non-hydrogen) atoms. The number of hydrogen-bond donors (Lipinski definition) is 0. The summed E-state index contributed by atoms with van der Waals surface area (Å²) < 4.78 is 0. The minimum atomic E-state index is 0.821. The predicted molar refractivity (Wildman–Crippen MR) is 103 cm³/mol. The summed E-state index contributed by atoms with van der Waals surface area (Å²) in [5.41, 5.74) is 4.33. The van der Waals surface area contributed by atoms with Crippen molar-refractivity contribution < 1.29 is 0 Å². The molecule has 2 nitrogen and oxygen atoms in total. The maximum atomic E-state index is 5.58. The summed E-state index contributed by atoms with van der Waals surface area (Å²) in [6, 6.07) is 16.4. The van der Waals surface area contributed by atoms with E-state index in [0.29, 0.717) is 0 Å². The van der Waals surface area contributed by atoms with Gasteiger partial charge in [-0.15, -0.1) is 0 Å². The van der Waals surface area contributed by atoms with Crippen LogP contribution in [0.15, 0.2) is 48.5 Å². The van der Waals surface area contributed by atoms with Gasteiger partial charge >= 0.3 is 0 Å². The molecular weight excluding hydrogens is 308 g/mol. The van der Waals surface area contributed by atoms with Crippen LogP contribution in [0.2, 0.25) is 0 Å². The van der Waals surface area contributed by atoms with E-state index in [0.717, 1.165) is 32.2 Å². The van der Waals surface area contributed by atoms with Gasteiger partial charge in [0.15, 0.2) is 0 Å². The lowest BCUT2D eigenvalue weighted by Gasteiger charge is -2.21. The van der Waals surface area contributed by atoms with Gasteiger partial charge in [0.2, 0.25) is 0 Å². The van der Waals surface area contributed by atoms with Gasteiger partial charge in [-0.1, -0.05) is 73.0 Å². The summed E-state index contributed by atoms with van der Waals surface area (Å²) in [6.07, 6.45) is 0. The zero-order valence-electron chi connectivity index (χ0n) is 13.3. The summed E-state index contributed by atoms with van der Waals surface area (Å²) in [5, 5.41) is 0. The highest BCUT2D eigenvalue weighted by Crippen LogP contribution is 2.29. The maximum Gasteiger partial charge on any atom is 0.109 e. The highest BCUT2D eigenvalue weighted by Gasteiger charge is 2.15. The molecule has 2 rings (SSSR count). The molecule has 0 aromatic heterocycles. The average Bonchev–Trinajstić information content (AvgIpc) is 2.53. The van der Waals surface area contributed by atoms with E-state index < -0.39 is 0 Å². The van der Waals surface area contributed by atoms with Crippen molar-refractivity contribution in [3.8, 4) is 11.1 Å². The second-order valence-corrected chi connectivity index (χ2v) is 6.26. The van der Waals surface area contributed by atoms with Gasteiger partial charge in [0.25, 0.3) is 0 Å². The quantitative estimate of drug-likeness (QED) is 0.790. The fourth-order valence-corrected chi connectivity index (χ4v) is 2.65. The molecule has 0 bridgehead atoms. The zero-order chi connectivity index (χ0) is 16.3. The van der Waals surface area contributed by atoms with E-state index in [1.54, 1.807) is 0 Å². The predicted octanol–water partition coefficient (Wildman–Crippen LogP) is 3.83. The van der Waals surface area contributed by atoms with Crippen LogP contribution in [0.5, 0.6) is 0 Å². The topological polar surface area (TPSA) is 6.48 Å². The van der Waals surface area contributed by atoms with Gasteiger partial charge in [-0.05, 0) is 11.1 Å². The molecule has 0 aliphatic rings. The smallest absolute Gasteiger partial charge is 0.109 e. The molecule has 0 amide bonds. The second-order valence-electron chi connectivity index (χ2n) is 5.49. The van der Waals surface area contributed by atoms with Gasteiger partial charge in [-0.25, -0.2) is 0 Å². The minimum Gasteiger partial charge on any atom is -0.368 e. The van der Waals surface area contributed by atoms with Crippen molar-refractivity contribution in [3.05, 3.63) is 59.7 Å². The van der Waals surface area contributed by atoms with Crippen LogP contribution in [-0.4, -0.2) is 48.0 Å². The monoisotopic (exact) mass is 328 g/mol. The minimum absolute atomic E-state index is 0.821. The van der Waals surface area contributed by atoms with Gasteiger partial charge in [0.05, 0.1) is 0 Å². The van der Waals surface area contributed by atoms with E-state index in [2.05, 4.69) is 24.3 Å². The molecular formula is C18H20N2S2. The third kappa shape index (κ3) is 3.34. The largest absolute Gasteiger partial charge is 0.368 e. The molecule has 4 heteroatoms. The van der Waals surface area contributed by atoms with Crippen molar-refractivity contribution in [2.24, 2.45) is 0 Å². The van der Waals surface area contributed by atoms with Crippen LogP contribution in [0.1, 0.15) is 11.1 Å². The van der Waals surface area contributed by atoms with E-state index in [1.165, 1.54) is 0 Å². The standard InChI is InChI=1S/C18H20N2S2/c1-19(2)17(21)15-11-7-5-9-13(15)14-10-6-8-12-16(14)18(22)20(3)4/h5-12H,1-4H3. The number of benzene rings is 2. The zero-order valence-corrected chi connectivity index (χ0v) is 15.0. The molecule has 0 unspecified atom stereocenters. The Morgan fingerprint density at radius 1 is 0.636 bits per heavy atom. The first-order valence-electron chi connectivity index (χ1n) is 7.05. The Morgan fingerprint density at radius 2 is 0.955 bits per heavy atom. The van der Waals surface area contributed by atoms with E-state index in [-0.39, 0.29) is 0 Å². The molecule has 0 aliphatic carbocycles. The second kappa shape index (κ2) is 6.99. The lowest BCUT2D eigenvalue weighted by molar-refractivity contribution is 0.636. The van der Waals surface area contributed by atoms with Gasteiger partial charge in [0.1, 0.15) is 9.98 Å². The van der Waals surface area contributed by atoms with Gasteiger partial charge in [-0.2, -0.15) is 0 Å². The Balaban J connectivity index is 2.64. The van der Waals surface area contributed by atoms with Crippen molar-refractivity contribution >= 4 is 34.4 Å². The summed E-state index contributed by atoms with van der Waals surface area (Å²) in [7, 11) is 7.87. The van der Waals surface area contributed by atoms with Crippen LogP contribution < -0.4 is 0 Å². The fraction of sp³-hybridized carbons (Fsp3) is 0.222. The molecule has 0 N–H and O–H groups in total. The van der Waals surface area contributed by atoms with Crippen LogP contribution >= 0.6 is 24.4 Å². The molecule has 0 heterocycles. The van der Waals surface area contributed by atoms with Crippen molar-refractivity contribution in [1.82, 2.24) is 9.80 Å². The van der Waals surface area contributed by atoms with E-state index in [9.17, 15) is 0 Å². The highest BCUT2D eigenvalue weighted by molar-refractivity contribution is 7.81. The van der Waals surface area contributed by atoms with Crippen molar-refractivity contribution in [2.75, 3.05) is 28.2 Å². The lowest BCUT2D eigenvalue weighted by atomic mass is 9.95. The number of hydrogen-bond acceptors (Lipinski definition) is 2. The average molecular weight is 329 g/mol. The molecule has 0 radical (unpaired) electrons. The lowest BCUT2D eigenvalue weighted by Crippen LogP contribution is -2.23. The number of rotatable bonds is 3. The van der Waals surface area contributed by atoms with Gasteiger partial charge in [-0.3, -0.25) is 0 Å². The van der Waals surface area contributed by atoms with Crippen LogP contribution in [0.4, 0.5) is 0 Å². The number of thiocarbonyl (C=S) groups is 2. The Hall–Kier alpha value is -1.78. The van der Waals surface area contributed by atoms with Crippen molar-refractivity contribution in [2.45, 2.75) is 0 Å². The van der Waals surface area contributed by atoms with E-state index in [4.69, 9.17) is 24.4 Å². The molecule has 0 saturated carbocycles. The molecule has 2 aromatic carbocycles. The SMILES string of the molecule is CN(C)C(=S)c1ccccc1-c1ccccc1C(=S)N(C)C. The molecule has 0 spiro atoms. The van der Waals surface area contributed by atoms with E-state index in [1.807, 2.05) is 62.3 Å². The van der Waals surface area contributed by atoms with Crippen LogP contribution in [0, 0.1) is 0 Å². The summed E-state index contributed by atoms with van der Waals surface area (Å²) in [4.78, 5) is 5.56. The Bertz CT molecular complexity index is 644. The van der Waals surface area contributed by atoms with E-state index >= 15 is 0 Å². The Kier molecular flexibility index (Phi) is 5.27. The molecule has 0 saturated heterocycles. The molecule has 0 aliphatic heterocycles. The summed E-state index contributed by atoms with van der Waals surface area (Å²) >= 11 is 11.2. The van der Waals surface area contributed by atoms with Crippen LogP contribution in [-0.2, 0) is 0 Å². The number of nitrogens with zero attached hydrogens (tertiary/aromatic N) is 2. The fourth-order valence-electron chi connectivity index (χ4n) is 2.29. The first kappa shape index (κ1) is 16.6. The maximum absolute atomic E-state index is 5.58. The van der Waals surface area contributed by atoms with Crippen LogP contribution in [0.3, 0.4) is 0 Å². The molecule has 0 fully saturated rings. The Labute approximate surface area is 143 Å². The first-order valence-corrected chi connectivity index (χ1v) is 7.87. The van der Waals surface area contributed by atoms with Crippen molar-refractivity contribution in [1.29, 1.82) is 0 Å². The highest BCUT2D eigenvalue weighted by atomic mass is 32.1. The first-order chi connectivity index (χ1) is 10.4. The summed E-state index contributed by atoms with van der Waals surface area (Å²) in [6.45, 7) is 0.